The van der Waals surface area contributed by atoms with Gasteiger partial charge in [0.2, 0.25) is 0 Å². The van der Waals surface area contributed by atoms with E-state index in [1.807, 2.05) is 48.6 Å². The zero-order valence-electron chi connectivity index (χ0n) is 14.0. The molecule has 1 aromatic heterocycles. The first-order chi connectivity index (χ1) is 12.0. The maximum absolute atomic E-state index is 11.3. The molecular weight excluding hydrogens is 314 g/mol. The first-order valence-electron chi connectivity index (χ1n) is 7.90. The molecule has 0 N–H and O–H groups in total. The maximum atomic E-state index is 11.3. The Bertz CT molecular complexity index is 972. The molecule has 3 rings (SSSR count). The maximum Gasteiger partial charge on any atom is 0.308 e. The molecule has 4 nitrogen and oxygen atoms in total. The molecule has 124 valence electrons. The molecule has 0 saturated carbocycles. The Morgan fingerprint density at radius 2 is 1.68 bits per heavy atom. The van der Waals surface area contributed by atoms with Crippen LogP contribution in [0, 0.1) is 0 Å². The third-order valence-electron chi connectivity index (χ3n) is 3.72. The van der Waals surface area contributed by atoms with E-state index >= 15 is 0 Å². The van der Waals surface area contributed by atoms with Crippen molar-refractivity contribution in [2.75, 3.05) is 0 Å². The molecule has 25 heavy (non-hydrogen) atoms. The highest BCUT2D eigenvalue weighted by molar-refractivity contribution is 5.94. The molecule has 1 heterocycles. The second kappa shape index (κ2) is 7.09. The van der Waals surface area contributed by atoms with Crippen LogP contribution in [0.25, 0.3) is 23.1 Å². The number of Topliss-reactive ketones (excluding diaryl/α,β-unsaturated/α-hetero) is 1. The highest BCUT2D eigenvalue weighted by Crippen LogP contribution is 2.24. The minimum Gasteiger partial charge on any atom is -0.424 e. The van der Waals surface area contributed by atoms with Gasteiger partial charge in [0, 0.05) is 17.9 Å². The van der Waals surface area contributed by atoms with E-state index in [1.165, 1.54) is 6.92 Å². The lowest BCUT2D eigenvalue weighted by Crippen LogP contribution is -2.02. The van der Waals surface area contributed by atoms with Gasteiger partial charge in [0.05, 0.1) is 5.69 Å². The number of esters is 1. The standard InChI is InChI=1S/C21H17NO3/c1-14(23)17-9-6-16(7-10-17)8-12-19-13-11-18-4-3-5-20(21(18)22-19)25-15(2)24/h3-13H,1-2H3/b12-8+. The fourth-order valence-corrected chi connectivity index (χ4v) is 2.48. The fourth-order valence-electron chi connectivity index (χ4n) is 2.48. The molecule has 0 radical (unpaired) electrons. The third-order valence-corrected chi connectivity index (χ3v) is 3.72. The Labute approximate surface area is 145 Å². The van der Waals surface area contributed by atoms with Gasteiger partial charge in [-0.3, -0.25) is 9.59 Å². The normalized spacial score (nSPS) is 11.0. The number of carbonyl (C=O) groups excluding carboxylic acids is 2. The average molecular weight is 331 g/mol. The Balaban J connectivity index is 1.90. The van der Waals surface area contributed by atoms with E-state index in [4.69, 9.17) is 4.74 Å². The van der Waals surface area contributed by atoms with Crippen LogP contribution in [-0.4, -0.2) is 16.7 Å². The average Bonchev–Trinajstić information content (AvgIpc) is 2.60. The van der Waals surface area contributed by atoms with Gasteiger partial charge in [-0.05, 0) is 30.7 Å². The number of ketones is 1. The molecule has 0 aliphatic rings. The van der Waals surface area contributed by atoms with Gasteiger partial charge in [-0.1, -0.05) is 48.5 Å². The first kappa shape index (κ1) is 16.6. The Kier molecular flexibility index (Phi) is 4.70. The van der Waals surface area contributed by atoms with Crippen LogP contribution in [0.4, 0.5) is 0 Å². The van der Waals surface area contributed by atoms with Crippen molar-refractivity contribution >= 4 is 34.8 Å². The smallest absolute Gasteiger partial charge is 0.308 e. The molecule has 4 heteroatoms. The van der Waals surface area contributed by atoms with Crippen LogP contribution in [0.15, 0.2) is 54.6 Å². The van der Waals surface area contributed by atoms with Gasteiger partial charge in [-0.2, -0.15) is 0 Å². The summed E-state index contributed by atoms with van der Waals surface area (Å²) in [4.78, 5) is 27.1. The molecule has 2 aromatic carbocycles. The summed E-state index contributed by atoms with van der Waals surface area (Å²) in [6.07, 6.45) is 3.80. The molecular formula is C21H17NO3. The Hall–Kier alpha value is -3.27. The number of ether oxygens (including phenoxy) is 1. The molecule has 0 bridgehead atoms. The quantitative estimate of drug-likeness (QED) is 0.400. The SMILES string of the molecule is CC(=O)Oc1cccc2ccc(/C=C/c3ccc(C(C)=O)cc3)nc12. The second-order valence-electron chi connectivity index (χ2n) is 5.67. The van der Waals surface area contributed by atoms with Gasteiger partial charge < -0.3 is 4.74 Å². The van der Waals surface area contributed by atoms with Crippen molar-refractivity contribution in [3.05, 3.63) is 71.4 Å². The van der Waals surface area contributed by atoms with Crippen LogP contribution >= 0.6 is 0 Å². The van der Waals surface area contributed by atoms with Crippen molar-refractivity contribution in [3.8, 4) is 5.75 Å². The monoisotopic (exact) mass is 331 g/mol. The van der Waals surface area contributed by atoms with Crippen LogP contribution in [0.2, 0.25) is 0 Å². The molecule has 0 amide bonds. The number of hydrogen-bond donors (Lipinski definition) is 0. The molecule has 0 atom stereocenters. The van der Waals surface area contributed by atoms with Gasteiger partial charge in [0.15, 0.2) is 11.5 Å². The second-order valence-corrected chi connectivity index (χ2v) is 5.67. The van der Waals surface area contributed by atoms with E-state index in [2.05, 4.69) is 4.98 Å². The number of nitrogens with zero attached hydrogens (tertiary/aromatic N) is 1. The molecule has 0 aliphatic carbocycles. The number of pyridine rings is 1. The number of fused-ring (bicyclic) bond motifs is 1. The van der Waals surface area contributed by atoms with E-state index < -0.39 is 0 Å². The summed E-state index contributed by atoms with van der Waals surface area (Å²) in [5.74, 6) is 0.122. The van der Waals surface area contributed by atoms with Gasteiger partial charge >= 0.3 is 5.97 Å². The van der Waals surface area contributed by atoms with Crippen molar-refractivity contribution in [2.24, 2.45) is 0 Å². The number of aromatic nitrogens is 1. The largest absolute Gasteiger partial charge is 0.424 e. The highest BCUT2D eigenvalue weighted by atomic mass is 16.5. The van der Waals surface area contributed by atoms with E-state index in [1.54, 1.807) is 25.1 Å². The van der Waals surface area contributed by atoms with Gasteiger partial charge in [0.25, 0.3) is 0 Å². The van der Waals surface area contributed by atoms with Gasteiger partial charge in [-0.15, -0.1) is 0 Å². The van der Waals surface area contributed by atoms with E-state index in [0.29, 0.717) is 16.8 Å². The predicted octanol–water partition coefficient (Wildman–Crippen LogP) is 4.53. The molecule has 3 aromatic rings. The van der Waals surface area contributed by atoms with Crippen molar-refractivity contribution in [1.82, 2.24) is 4.98 Å². The lowest BCUT2D eigenvalue weighted by molar-refractivity contribution is -0.131. The lowest BCUT2D eigenvalue weighted by atomic mass is 10.1. The van der Waals surface area contributed by atoms with Crippen molar-refractivity contribution < 1.29 is 14.3 Å². The summed E-state index contributed by atoms with van der Waals surface area (Å²) in [5.41, 5.74) is 3.06. The Morgan fingerprint density at radius 1 is 0.920 bits per heavy atom. The Morgan fingerprint density at radius 3 is 2.36 bits per heavy atom. The number of carbonyl (C=O) groups is 2. The van der Waals surface area contributed by atoms with E-state index in [9.17, 15) is 9.59 Å². The highest BCUT2D eigenvalue weighted by Gasteiger charge is 2.06. The molecule has 0 unspecified atom stereocenters. The number of hydrogen-bond acceptors (Lipinski definition) is 4. The zero-order chi connectivity index (χ0) is 17.8. The summed E-state index contributed by atoms with van der Waals surface area (Å²) in [7, 11) is 0. The summed E-state index contributed by atoms with van der Waals surface area (Å²) >= 11 is 0. The van der Waals surface area contributed by atoms with Crippen molar-refractivity contribution in [1.29, 1.82) is 0 Å². The predicted molar refractivity (Wildman–Crippen MR) is 98.4 cm³/mol. The van der Waals surface area contributed by atoms with Crippen LogP contribution in [0.5, 0.6) is 5.75 Å². The van der Waals surface area contributed by atoms with Crippen molar-refractivity contribution in [3.63, 3.8) is 0 Å². The van der Waals surface area contributed by atoms with Crippen molar-refractivity contribution in [2.45, 2.75) is 13.8 Å². The summed E-state index contributed by atoms with van der Waals surface area (Å²) in [6.45, 7) is 2.91. The van der Waals surface area contributed by atoms with E-state index in [-0.39, 0.29) is 11.8 Å². The van der Waals surface area contributed by atoms with Crippen LogP contribution in [0.3, 0.4) is 0 Å². The van der Waals surface area contributed by atoms with Gasteiger partial charge in [0.1, 0.15) is 5.52 Å². The molecule has 0 aliphatic heterocycles. The number of para-hydroxylation sites is 1. The molecule has 0 spiro atoms. The van der Waals surface area contributed by atoms with Crippen LogP contribution in [0.1, 0.15) is 35.5 Å². The summed E-state index contributed by atoms with van der Waals surface area (Å²) in [5, 5.41) is 0.904. The molecule has 0 saturated heterocycles. The number of benzene rings is 2. The number of rotatable bonds is 4. The van der Waals surface area contributed by atoms with Gasteiger partial charge in [-0.25, -0.2) is 4.98 Å². The minimum absolute atomic E-state index is 0.0460. The molecule has 0 fully saturated rings. The van der Waals surface area contributed by atoms with E-state index in [0.717, 1.165) is 16.6 Å². The summed E-state index contributed by atoms with van der Waals surface area (Å²) in [6, 6.07) is 16.7. The fraction of sp³-hybridized carbons (Fsp3) is 0.0952. The minimum atomic E-state index is -0.374. The zero-order valence-corrected chi connectivity index (χ0v) is 14.0. The first-order valence-corrected chi connectivity index (χ1v) is 7.90. The third kappa shape index (κ3) is 3.98. The topological polar surface area (TPSA) is 56.3 Å². The van der Waals surface area contributed by atoms with Crippen LogP contribution in [-0.2, 0) is 4.79 Å². The van der Waals surface area contributed by atoms with Crippen LogP contribution < -0.4 is 4.74 Å². The lowest BCUT2D eigenvalue weighted by Gasteiger charge is -2.06. The summed E-state index contributed by atoms with van der Waals surface area (Å²) < 4.78 is 5.22.